The van der Waals surface area contributed by atoms with Crippen molar-refractivity contribution in [3.63, 3.8) is 0 Å². The molecule has 9 aromatic carbocycles. The average molecular weight is 767 g/mol. The maximum absolute atomic E-state index is 6.47. The van der Waals surface area contributed by atoms with E-state index in [-0.39, 0.29) is 5.41 Å². The van der Waals surface area contributed by atoms with Crippen LogP contribution < -0.4 is 0 Å². The molecule has 0 atom stereocenters. The maximum atomic E-state index is 6.47. The molecule has 1 aliphatic carbocycles. The topological polar surface area (TPSA) is 38.9 Å². The first-order chi connectivity index (χ1) is 29.5. The zero-order chi connectivity index (χ0) is 40.0. The average Bonchev–Trinajstić information content (AvgIpc) is 3.78. The van der Waals surface area contributed by atoms with Gasteiger partial charge in [-0.3, -0.25) is 0 Å². The summed E-state index contributed by atoms with van der Waals surface area (Å²) in [6.45, 7) is 4.72. The summed E-state index contributed by atoms with van der Waals surface area (Å²) in [5.41, 5.74) is 16.3. The lowest BCUT2D eigenvalue weighted by atomic mass is 9.81. The van der Waals surface area contributed by atoms with Gasteiger partial charge < -0.3 is 4.42 Å². The smallest absolute Gasteiger partial charge is 0.160 e. The summed E-state index contributed by atoms with van der Waals surface area (Å²) in [4.78, 5) is 10.6. The van der Waals surface area contributed by atoms with Crippen molar-refractivity contribution >= 4 is 43.5 Å². The number of furan rings is 1. The van der Waals surface area contributed by atoms with Gasteiger partial charge in [-0.15, -0.1) is 0 Å². The lowest BCUT2D eigenvalue weighted by Gasteiger charge is -2.22. The lowest BCUT2D eigenvalue weighted by molar-refractivity contribution is 0.661. The maximum Gasteiger partial charge on any atom is 0.160 e. The summed E-state index contributed by atoms with van der Waals surface area (Å²) in [5, 5.41) is 7.12. The molecule has 0 saturated carbocycles. The summed E-state index contributed by atoms with van der Waals surface area (Å²) in [7, 11) is 0. The number of hydrogen-bond donors (Lipinski definition) is 0. The summed E-state index contributed by atoms with van der Waals surface area (Å²) < 4.78 is 6.47. The van der Waals surface area contributed by atoms with Gasteiger partial charge in [0.05, 0.1) is 11.4 Å². The van der Waals surface area contributed by atoms with Crippen molar-refractivity contribution in [3.05, 3.63) is 205 Å². The molecule has 0 aliphatic heterocycles. The molecular weight excluding hydrogens is 729 g/mol. The van der Waals surface area contributed by atoms with Gasteiger partial charge in [0.2, 0.25) is 0 Å². The van der Waals surface area contributed by atoms with Gasteiger partial charge in [-0.05, 0) is 109 Å². The number of fused-ring (bicyclic) bond motifs is 8. The Balaban J connectivity index is 1.04. The van der Waals surface area contributed by atoms with Crippen molar-refractivity contribution in [1.29, 1.82) is 0 Å². The summed E-state index contributed by atoms with van der Waals surface area (Å²) in [6.07, 6.45) is 0. The van der Waals surface area contributed by atoms with Gasteiger partial charge in [0, 0.05) is 32.9 Å². The van der Waals surface area contributed by atoms with E-state index in [9.17, 15) is 0 Å². The van der Waals surface area contributed by atoms with E-state index in [1.54, 1.807) is 0 Å². The largest absolute Gasteiger partial charge is 0.456 e. The number of hydrogen-bond acceptors (Lipinski definition) is 3. The van der Waals surface area contributed by atoms with E-state index in [0.29, 0.717) is 5.82 Å². The van der Waals surface area contributed by atoms with Crippen LogP contribution in [0.15, 0.2) is 199 Å². The summed E-state index contributed by atoms with van der Waals surface area (Å²) in [6, 6.07) is 69.5. The number of aromatic nitrogens is 2. The zero-order valence-corrected chi connectivity index (χ0v) is 33.3. The number of benzene rings is 9. The second kappa shape index (κ2) is 13.2. The first-order valence-electron chi connectivity index (χ1n) is 20.6. The van der Waals surface area contributed by atoms with Gasteiger partial charge in [0.1, 0.15) is 11.2 Å². The minimum atomic E-state index is -0.145. The fourth-order valence-electron chi connectivity index (χ4n) is 9.69. The summed E-state index contributed by atoms with van der Waals surface area (Å²) >= 11 is 0. The predicted octanol–water partition coefficient (Wildman–Crippen LogP) is 15.3. The van der Waals surface area contributed by atoms with Crippen molar-refractivity contribution in [2.24, 2.45) is 0 Å². The van der Waals surface area contributed by atoms with Crippen molar-refractivity contribution < 1.29 is 4.42 Å². The molecule has 3 nitrogen and oxygen atoms in total. The highest BCUT2D eigenvalue weighted by Gasteiger charge is 2.37. The molecule has 0 saturated heterocycles. The Labute approximate surface area is 348 Å². The Hall–Kier alpha value is -7.62. The van der Waals surface area contributed by atoms with Crippen LogP contribution in [0.2, 0.25) is 0 Å². The van der Waals surface area contributed by atoms with Gasteiger partial charge in [-0.2, -0.15) is 0 Å². The Morgan fingerprint density at radius 2 is 0.983 bits per heavy atom. The van der Waals surface area contributed by atoms with Crippen molar-refractivity contribution in [3.8, 4) is 67.3 Å². The number of rotatable bonds is 5. The van der Waals surface area contributed by atoms with Crippen LogP contribution in [0.5, 0.6) is 0 Å². The van der Waals surface area contributed by atoms with Gasteiger partial charge in [0.15, 0.2) is 5.82 Å². The minimum absolute atomic E-state index is 0.145. The van der Waals surface area contributed by atoms with Crippen LogP contribution in [0.25, 0.3) is 111 Å². The minimum Gasteiger partial charge on any atom is -0.456 e. The summed E-state index contributed by atoms with van der Waals surface area (Å²) in [5.74, 6) is 0.689. The van der Waals surface area contributed by atoms with Crippen molar-refractivity contribution in [2.75, 3.05) is 0 Å². The van der Waals surface area contributed by atoms with Gasteiger partial charge in [-0.1, -0.05) is 166 Å². The first kappa shape index (κ1) is 34.4. The van der Waals surface area contributed by atoms with Crippen LogP contribution in [0.3, 0.4) is 0 Å². The van der Waals surface area contributed by atoms with E-state index in [1.165, 1.54) is 49.4 Å². The third-order valence-electron chi connectivity index (χ3n) is 12.7. The molecule has 0 fully saturated rings. The molecule has 0 N–H and O–H groups in total. The third kappa shape index (κ3) is 5.36. The van der Waals surface area contributed by atoms with Crippen LogP contribution in [0, 0.1) is 0 Å². The van der Waals surface area contributed by atoms with Crippen molar-refractivity contribution in [1.82, 2.24) is 9.97 Å². The molecule has 60 heavy (non-hydrogen) atoms. The molecule has 0 bridgehead atoms. The second-order valence-corrected chi connectivity index (χ2v) is 16.5. The normalized spacial score (nSPS) is 13.0. The molecular formula is C57H38N2O. The quantitative estimate of drug-likeness (QED) is 0.175. The van der Waals surface area contributed by atoms with Gasteiger partial charge >= 0.3 is 0 Å². The van der Waals surface area contributed by atoms with E-state index in [4.69, 9.17) is 14.4 Å². The van der Waals surface area contributed by atoms with Gasteiger partial charge in [-0.25, -0.2) is 9.97 Å². The highest BCUT2D eigenvalue weighted by atomic mass is 16.3. The molecule has 0 radical (unpaired) electrons. The molecule has 3 heteroatoms. The Morgan fingerprint density at radius 1 is 0.383 bits per heavy atom. The Morgan fingerprint density at radius 3 is 1.80 bits per heavy atom. The highest BCUT2D eigenvalue weighted by molar-refractivity contribution is 6.15. The lowest BCUT2D eigenvalue weighted by Crippen LogP contribution is -2.14. The van der Waals surface area contributed by atoms with Crippen LogP contribution in [0.4, 0.5) is 0 Å². The molecule has 282 valence electrons. The Bertz CT molecular complexity index is 3520. The highest BCUT2D eigenvalue weighted by Crippen LogP contribution is 2.54. The molecule has 0 spiro atoms. The van der Waals surface area contributed by atoms with E-state index < -0.39 is 0 Å². The zero-order valence-electron chi connectivity index (χ0n) is 33.3. The second-order valence-electron chi connectivity index (χ2n) is 16.5. The third-order valence-corrected chi connectivity index (χ3v) is 12.7. The van der Waals surface area contributed by atoms with Crippen LogP contribution in [-0.2, 0) is 5.41 Å². The van der Waals surface area contributed by atoms with E-state index in [1.807, 2.05) is 6.07 Å². The van der Waals surface area contributed by atoms with Crippen LogP contribution in [-0.4, -0.2) is 9.97 Å². The van der Waals surface area contributed by atoms with E-state index in [2.05, 4.69) is 202 Å². The number of nitrogens with zero attached hydrogens (tertiary/aromatic N) is 2. The SMILES string of the molecule is CC1(C)c2cc3ccccc3cc2-c2c(-c3ccccc3-c3cc(-c4cccc(-c5cccc6oc7cc8ccccc8cc7c56)c4)nc(-c4ccccc4)n3)cccc21. The molecule has 1 aliphatic rings. The van der Waals surface area contributed by atoms with Crippen molar-refractivity contribution in [2.45, 2.75) is 19.3 Å². The fourth-order valence-corrected chi connectivity index (χ4v) is 9.69. The first-order valence-corrected chi connectivity index (χ1v) is 20.6. The molecule has 0 unspecified atom stereocenters. The monoisotopic (exact) mass is 766 g/mol. The van der Waals surface area contributed by atoms with E-state index >= 15 is 0 Å². The Kier molecular flexibility index (Phi) is 7.58. The molecule has 12 rings (SSSR count). The van der Waals surface area contributed by atoms with Gasteiger partial charge in [0.25, 0.3) is 0 Å². The van der Waals surface area contributed by atoms with Crippen LogP contribution >= 0.6 is 0 Å². The predicted molar refractivity (Wildman–Crippen MR) is 249 cm³/mol. The molecule has 2 aromatic heterocycles. The van der Waals surface area contributed by atoms with E-state index in [0.717, 1.165) is 66.7 Å². The van der Waals surface area contributed by atoms with Crippen LogP contribution in [0.1, 0.15) is 25.0 Å². The molecule has 11 aromatic rings. The molecule has 2 heterocycles. The fraction of sp³-hybridized carbons (Fsp3) is 0.0526. The molecule has 0 amide bonds. The standard InChI is InChI=1S/C57H38N2O/c1-57(2)48-27-13-26-45(54(48)46-30-36-17-6-8-19-38(36)32-49(46)57)43-23-10-11-24-44(43)51-34-50(58-56(59-51)35-15-4-3-5-16-35)41-22-12-21-40(29-41)42-25-14-28-52-55(42)47-31-37-18-7-9-20-39(37)33-53(47)60-52/h3-34H,1-2H3.